The van der Waals surface area contributed by atoms with E-state index in [9.17, 15) is 9.59 Å². The maximum atomic E-state index is 11.8. The Labute approximate surface area is 223 Å². The first-order chi connectivity index (χ1) is 18.6. The minimum absolute atomic E-state index is 0.258. The zero-order valence-corrected chi connectivity index (χ0v) is 21.3. The second-order valence-electron chi connectivity index (χ2n) is 9.31. The van der Waals surface area contributed by atoms with Gasteiger partial charge in [-0.05, 0) is 79.9 Å². The lowest BCUT2D eigenvalue weighted by Gasteiger charge is -2.29. The third-order valence-corrected chi connectivity index (χ3v) is 7.52. The highest BCUT2D eigenvalue weighted by Crippen LogP contribution is 2.35. The monoisotopic (exact) mass is 530 g/mol. The zero-order valence-electron chi connectivity index (χ0n) is 20.5. The molecular weight excluding hydrogens is 504 g/mol. The standard InChI is InChI=1S/C27H26N6O4S/c34-25-24(38-27(35)33-25)13-19-10-11-28-26(32-19)31-18-7-5-17(6-8-18)29-14-20-2-1-3-21(30-20)16-4-9-22-23(12-16)37-15-36-22/h1-4,9-13,17-18,29H,5-8,14-15H2,(H,28,31,32)(H,33,34,35)/b24-13-/t17-,18-. The Morgan fingerprint density at radius 1 is 1.00 bits per heavy atom. The summed E-state index contributed by atoms with van der Waals surface area (Å²) in [5, 5.41) is 8.96. The lowest BCUT2D eigenvalue weighted by molar-refractivity contribution is -0.115. The van der Waals surface area contributed by atoms with Gasteiger partial charge in [0.1, 0.15) is 0 Å². The predicted molar refractivity (Wildman–Crippen MR) is 143 cm³/mol. The third-order valence-electron chi connectivity index (χ3n) is 6.71. The van der Waals surface area contributed by atoms with Crippen molar-refractivity contribution in [2.45, 2.75) is 44.3 Å². The number of fused-ring (bicyclic) bond motifs is 1. The number of benzene rings is 1. The molecule has 0 radical (unpaired) electrons. The highest BCUT2D eigenvalue weighted by Gasteiger charge is 2.25. The summed E-state index contributed by atoms with van der Waals surface area (Å²) in [4.78, 5) is 37.2. The van der Waals surface area contributed by atoms with E-state index < -0.39 is 5.91 Å². The van der Waals surface area contributed by atoms with E-state index >= 15 is 0 Å². The van der Waals surface area contributed by atoms with E-state index in [2.05, 4.69) is 25.9 Å². The van der Waals surface area contributed by atoms with E-state index in [-0.39, 0.29) is 18.1 Å². The van der Waals surface area contributed by atoms with Gasteiger partial charge < -0.3 is 20.1 Å². The molecule has 10 nitrogen and oxygen atoms in total. The minimum Gasteiger partial charge on any atom is -0.454 e. The number of hydrogen-bond acceptors (Lipinski definition) is 10. The number of anilines is 1. The molecule has 2 fully saturated rings. The summed E-state index contributed by atoms with van der Waals surface area (Å²) in [6, 6.07) is 14.4. The van der Waals surface area contributed by atoms with Crippen LogP contribution in [0.25, 0.3) is 17.3 Å². The highest BCUT2D eigenvalue weighted by atomic mass is 32.2. The largest absolute Gasteiger partial charge is 0.454 e. The molecule has 38 heavy (non-hydrogen) atoms. The van der Waals surface area contributed by atoms with E-state index in [1.165, 1.54) is 0 Å². The van der Waals surface area contributed by atoms with Gasteiger partial charge in [0.2, 0.25) is 12.7 Å². The molecule has 2 aliphatic heterocycles. The van der Waals surface area contributed by atoms with Crippen LogP contribution in [-0.2, 0) is 11.3 Å². The van der Waals surface area contributed by atoms with Gasteiger partial charge in [0.25, 0.3) is 11.1 Å². The Kier molecular flexibility index (Phi) is 6.93. The number of aromatic nitrogens is 3. The van der Waals surface area contributed by atoms with Crippen LogP contribution in [0.2, 0.25) is 0 Å². The molecule has 1 aliphatic carbocycles. The number of carbonyl (C=O) groups excluding carboxylic acids is 2. The second kappa shape index (κ2) is 10.8. The maximum Gasteiger partial charge on any atom is 0.290 e. The smallest absolute Gasteiger partial charge is 0.290 e. The van der Waals surface area contributed by atoms with Crippen molar-refractivity contribution in [3.63, 3.8) is 0 Å². The van der Waals surface area contributed by atoms with Gasteiger partial charge in [0, 0.05) is 30.4 Å². The number of carbonyl (C=O) groups is 2. The Morgan fingerprint density at radius 2 is 1.84 bits per heavy atom. The molecule has 11 heteroatoms. The first-order valence-electron chi connectivity index (χ1n) is 12.5. The molecule has 0 bridgehead atoms. The predicted octanol–water partition coefficient (Wildman–Crippen LogP) is 4.10. The van der Waals surface area contributed by atoms with E-state index in [1.54, 1.807) is 18.3 Å². The summed E-state index contributed by atoms with van der Waals surface area (Å²) in [5.74, 6) is 1.65. The molecule has 0 unspecified atom stereocenters. The summed E-state index contributed by atoms with van der Waals surface area (Å²) in [5.41, 5.74) is 3.49. The Morgan fingerprint density at radius 3 is 2.68 bits per heavy atom. The van der Waals surface area contributed by atoms with Crippen LogP contribution < -0.4 is 25.4 Å². The molecule has 3 N–H and O–H groups in total. The fourth-order valence-electron chi connectivity index (χ4n) is 4.75. The molecule has 1 saturated heterocycles. The molecule has 3 aromatic rings. The van der Waals surface area contributed by atoms with Crippen LogP contribution >= 0.6 is 11.8 Å². The van der Waals surface area contributed by atoms with Crippen molar-refractivity contribution >= 4 is 34.9 Å². The number of imide groups is 1. The number of nitrogens with zero attached hydrogens (tertiary/aromatic N) is 3. The number of thioether (sulfide) groups is 1. The van der Waals surface area contributed by atoms with Gasteiger partial charge in [0.15, 0.2) is 11.5 Å². The summed E-state index contributed by atoms with van der Waals surface area (Å²) in [7, 11) is 0. The van der Waals surface area contributed by atoms with Crippen LogP contribution in [0.4, 0.5) is 10.7 Å². The average molecular weight is 531 g/mol. The van der Waals surface area contributed by atoms with Crippen LogP contribution in [0.1, 0.15) is 37.1 Å². The normalized spacial score (nSPS) is 21.5. The molecule has 4 heterocycles. The number of rotatable bonds is 7. The fraction of sp³-hybridized carbons (Fsp3) is 0.296. The van der Waals surface area contributed by atoms with Crippen LogP contribution in [0.5, 0.6) is 11.5 Å². The third kappa shape index (κ3) is 5.63. The van der Waals surface area contributed by atoms with E-state index in [0.29, 0.717) is 29.1 Å². The van der Waals surface area contributed by atoms with Gasteiger partial charge in [-0.1, -0.05) is 6.07 Å². The van der Waals surface area contributed by atoms with Gasteiger partial charge in [0.05, 0.1) is 22.0 Å². The number of pyridine rings is 1. The van der Waals surface area contributed by atoms with Crippen LogP contribution in [0.15, 0.2) is 53.6 Å². The highest BCUT2D eigenvalue weighted by molar-refractivity contribution is 8.18. The summed E-state index contributed by atoms with van der Waals surface area (Å²) in [6.45, 7) is 0.961. The van der Waals surface area contributed by atoms with Crippen molar-refractivity contribution in [2.24, 2.45) is 0 Å². The first kappa shape index (κ1) is 24.4. The van der Waals surface area contributed by atoms with Crippen molar-refractivity contribution in [3.05, 3.63) is 65.0 Å². The molecule has 2 amide bonds. The van der Waals surface area contributed by atoms with Crippen LogP contribution in [0, 0.1) is 0 Å². The molecule has 1 aromatic carbocycles. The summed E-state index contributed by atoms with van der Waals surface area (Å²) in [6.07, 6.45) is 7.30. The molecule has 1 saturated carbocycles. The lowest BCUT2D eigenvalue weighted by Crippen LogP contribution is -2.37. The SMILES string of the molecule is O=C1NC(=O)/C(=C/c2ccnc(N[C@H]3CC[C@H](NCc4cccc(-c5ccc6c(c5)OCO6)n4)CC3)n2)S1. The quantitative estimate of drug-likeness (QED) is 0.384. The molecule has 194 valence electrons. The van der Waals surface area contributed by atoms with Gasteiger partial charge in [-0.2, -0.15) is 0 Å². The first-order valence-corrected chi connectivity index (χ1v) is 13.3. The lowest BCUT2D eigenvalue weighted by atomic mass is 9.91. The number of nitrogens with one attached hydrogen (secondary N) is 3. The van der Waals surface area contributed by atoms with Gasteiger partial charge in [-0.15, -0.1) is 0 Å². The van der Waals surface area contributed by atoms with Crippen molar-refractivity contribution < 1.29 is 19.1 Å². The van der Waals surface area contributed by atoms with Crippen LogP contribution in [0.3, 0.4) is 0 Å². The van der Waals surface area contributed by atoms with Crippen molar-refractivity contribution in [3.8, 4) is 22.8 Å². The van der Waals surface area contributed by atoms with Crippen molar-refractivity contribution in [2.75, 3.05) is 12.1 Å². The Bertz CT molecular complexity index is 1410. The molecule has 3 aliphatic rings. The summed E-state index contributed by atoms with van der Waals surface area (Å²) < 4.78 is 10.9. The number of ether oxygens (including phenoxy) is 2. The second-order valence-corrected chi connectivity index (χ2v) is 10.3. The molecule has 0 atom stereocenters. The fourth-order valence-corrected chi connectivity index (χ4v) is 5.41. The molecule has 6 rings (SSSR count). The number of amides is 2. The topological polar surface area (TPSA) is 127 Å². The van der Waals surface area contributed by atoms with E-state index in [0.717, 1.165) is 65.9 Å². The molecular formula is C27H26N6O4S. The van der Waals surface area contributed by atoms with Crippen LogP contribution in [-0.4, -0.2) is 45.0 Å². The van der Waals surface area contributed by atoms with Crippen molar-refractivity contribution in [1.82, 2.24) is 25.6 Å². The average Bonchev–Trinajstić information content (AvgIpc) is 3.53. The van der Waals surface area contributed by atoms with E-state index in [4.69, 9.17) is 14.5 Å². The molecule has 2 aromatic heterocycles. The summed E-state index contributed by atoms with van der Waals surface area (Å²) >= 11 is 0.877. The Hall–Kier alpha value is -3.96. The van der Waals surface area contributed by atoms with Gasteiger partial charge in [-0.3, -0.25) is 19.9 Å². The van der Waals surface area contributed by atoms with Gasteiger partial charge in [-0.25, -0.2) is 9.97 Å². The van der Waals surface area contributed by atoms with E-state index in [1.807, 2.05) is 36.4 Å². The number of hydrogen-bond donors (Lipinski definition) is 3. The molecule has 0 spiro atoms. The Balaban J connectivity index is 1.00. The van der Waals surface area contributed by atoms with Gasteiger partial charge >= 0.3 is 0 Å². The minimum atomic E-state index is -0.395. The van der Waals surface area contributed by atoms with Crippen molar-refractivity contribution in [1.29, 1.82) is 0 Å². The zero-order chi connectivity index (χ0) is 25.9. The maximum absolute atomic E-state index is 11.8.